The van der Waals surface area contributed by atoms with Crippen molar-refractivity contribution in [3.05, 3.63) is 5.82 Å². The first-order valence-corrected chi connectivity index (χ1v) is 5.75. The molecule has 4 nitrogen and oxygen atoms in total. The second-order valence-electron chi connectivity index (χ2n) is 5.34. The first kappa shape index (κ1) is 12.4. The summed E-state index contributed by atoms with van der Waals surface area (Å²) in [6, 6.07) is 0. The molecule has 0 aliphatic rings. The highest BCUT2D eigenvalue weighted by atomic mass is 32.1. The maximum absolute atomic E-state index is 9.12. The standard InChI is InChI=1S/C10H19N3OS/c1-9(2,3)7-11-8(15-13-7)12-10(4,5)6-14/h14H,6H2,1-5H3,(H,11,12,13). The van der Waals surface area contributed by atoms with Gasteiger partial charge in [-0.25, -0.2) is 4.98 Å². The molecular formula is C10H19N3OS. The molecule has 0 unspecified atom stereocenters. The summed E-state index contributed by atoms with van der Waals surface area (Å²) >= 11 is 1.34. The van der Waals surface area contributed by atoms with E-state index in [1.54, 1.807) is 0 Å². The summed E-state index contributed by atoms with van der Waals surface area (Å²) in [6.45, 7) is 10.1. The molecule has 15 heavy (non-hydrogen) atoms. The molecule has 0 saturated heterocycles. The van der Waals surface area contributed by atoms with Crippen LogP contribution >= 0.6 is 11.5 Å². The Morgan fingerprint density at radius 1 is 1.27 bits per heavy atom. The van der Waals surface area contributed by atoms with Crippen molar-refractivity contribution in [2.75, 3.05) is 11.9 Å². The van der Waals surface area contributed by atoms with E-state index in [1.807, 2.05) is 13.8 Å². The first-order chi connectivity index (χ1) is 6.74. The monoisotopic (exact) mass is 229 g/mol. The van der Waals surface area contributed by atoms with Gasteiger partial charge in [0, 0.05) is 16.9 Å². The third-order valence-corrected chi connectivity index (χ3v) is 2.57. The zero-order valence-electron chi connectivity index (χ0n) is 9.96. The zero-order chi connectivity index (χ0) is 11.7. The van der Waals surface area contributed by atoms with Crippen LogP contribution in [0.1, 0.15) is 40.4 Å². The van der Waals surface area contributed by atoms with E-state index in [0.29, 0.717) is 0 Å². The molecule has 2 N–H and O–H groups in total. The highest BCUT2D eigenvalue weighted by Crippen LogP contribution is 2.24. The van der Waals surface area contributed by atoms with E-state index in [-0.39, 0.29) is 17.6 Å². The number of hydrogen-bond acceptors (Lipinski definition) is 5. The molecule has 0 atom stereocenters. The number of anilines is 1. The van der Waals surface area contributed by atoms with E-state index >= 15 is 0 Å². The number of hydrogen-bond donors (Lipinski definition) is 2. The smallest absolute Gasteiger partial charge is 0.203 e. The molecule has 1 rings (SSSR count). The van der Waals surface area contributed by atoms with E-state index in [2.05, 4.69) is 35.4 Å². The summed E-state index contributed by atoms with van der Waals surface area (Å²) in [6.07, 6.45) is 0. The summed E-state index contributed by atoms with van der Waals surface area (Å²) in [5.41, 5.74) is -0.380. The van der Waals surface area contributed by atoms with E-state index in [0.717, 1.165) is 11.0 Å². The minimum Gasteiger partial charge on any atom is -0.394 e. The van der Waals surface area contributed by atoms with Crippen LogP contribution in [0.25, 0.3) is 0 Å². The molecule has 1 heterocycles. The van der Waals surface area contributed by atoms with Crippen molar-refractivity contribution < 1.29 is 5.11 Å². The summed E-state index contributed by atoms with van der Waals surface area (Å²) in [7, 11) is 0. The highest BCUT2D eigenvalue weighted by molar-refractivity contribution is 7.09. The number of nitrogens with zero attached hydrogens (tertiary/aromatic N) is 2. The van der Waals surface area contributed by atoms with Crippen LogP contribution in [0.4, 0.5) is 5.13 Å². The lowest BCUT2D eigenvalue weighted by Gasteiger charge is -2.22. The Balaban J connectivity index is 2.78. The molecule has 0 bridgehead atoms. The van der Waals surface area contributed by atoms with Crippen LogP contribution < -0.4 is 5.32 Å². The van der Waals surface area contributed by atoms with Gasteiger partial charge in [0.1, 0.15) is 5.82 Å². The maximum Gasteiger partial charge on any atom is 0.203 e. The van der Waals surface area contributed by atoms with Crippen molar-refractivity contribution in [1.29, 1.82) is 0 Å². The van der Waals surface area contributed by atoms with Gasteiger partial charge in [0.25, 0.3) is 0 Å². The van der Waals surface area contributed by atoms with Gasteiger partial charge in [-0.15, -0.1) is 0 Å². The molecule has 0 amide bonds. The van der Waals surface area contributed by atoms with E-state index in [4.69, 9.17) is 5.11 Å². The normalized spacial score (nSPS) is 12.9. The van der Waals surface area contributed by atoms with Gasteiger partial charge in [-0.1, -0.05) is 20.8 Å². The molecule has 0 aromatic carbocycles. The van der Waals surface area contributed by atoms with Crippen LogP contribution in [0.2, 0.25) is 0 Å². The molecule has 1 aromatic heterocycles. The molecule has 5 heteroatoms. The van der Waals surface area contributed by atoms with Crippen molar-refractivity contribution in [2.45, 2.75) is 45.6 Å². The fourth-order valence-electron chi connectivity index (χ4n) is 0.908. The van der Waals surface area contributed by atoms with Crippen LogP contribution in [0, 0.1) is 0 Å². The predicted molar refractivity (Wildman–Crippen MR) is 63.4 cm³/mol. The average molecular weight is 229 g/mol. The van der Waals surface area contributed by atoms with E-state index in [9.17, 15) is 0 Å². The number of nitrogens with one attached hydrogen (secondary N) is 1. The summed E-state index contributed by atoms with van der Waals surface area (Å²) in [4.78, 5) is 4.40. The minimum atomic E-state index is -0.352. The average Bonchev–Trinajstić information content (AvgIpc) is 2.51. The Kier molecular flexibility index (Phi) is 3.35. The number of aromatic nitrogens is 2. The van der Waals surface area contributed by atoms with E-state index in [1.165, 1.54) is 11.5 Å². The number of aliphatic hydroxyl groups excluding tert-OH is 1. The van der Waals surface area contributed by atoms with Gasteiger partial charge in [-0.3, -0.25) is 0 Å². The Hall–Kier alpha value is -0.680. The molecule has 0 saturated carbocycles. The van der Waals surface area contributed by atoms with Gasteiger partial charge in [0.05, 0.1) is 12.1 Å². The van der Waals surface area contributed by atoms with Gasteiger partial charge in [0.15, 0.2) is 0 Å². The second kappa shape index (κ2) is 4.06. The largest absolute Gasteiger partial charge is 0.394 e. The zero-order valence-corrected chi connectivity index (χ0v) is 10.8. The van der Waals surface area contributed by atoms with Gasteiger partial charge in [-0.05, 0) is 13.8 Å². The lowest BCUT2D eigenvalue weighted by molar-refractivity contribution is 0.234. The van der Waals surface area contributed by atoms with E-state index < -0.39 is 0 Å². The lowest BCUT2D eigenvalue weighted by Crippen LogP contribution is -2.34. The molecular weight excluding hydrogens is 210 g/mol. The maximum atomic E-state index is 9.12. The fraction of sp³-hybridized carbons (Fsp3) is 0.800. The summed E-state index contributed by atoms with van der Waals surface area (Å²) in [5, 5.41) is 13.0. The van der Waals surface area contributed by atoms with Gasteiger partial charge < -0.3 is 10.4 Å². The molecule has 1 aromatic rings. The van der Waals surface area contributed by atoms with Crippen LogP contribution in [0.3, 0.4) is 0 Å². The Labute approximate surface area is 94.9 Å². The van der Waals surface area contributed by atoms with Crippen LogP contribution in [-0.4, -0.2) is 26.6 Å². The summed E-state index contributed by atoms with van der Waals surface area (Å²) < 4.78 is 4.29. The third kappa shape index (κ3) is 3.43. The Bertz CT molecular complexity index is 328. The van der Waals surface area contributed by atoms with Crippen molar-refractivity contribution >= 4 is 16.7 Å². The van der Waals surface area contributed by atoms with Crippen molar-refractivity contribution in [3.8, 4) is 0 Å². The molecule has 86 valence electrons. The lowest BCUT2D eigenvalue weighted by atomic mass is 9.96. The van der Waals surface area contributed by atoms with Crippen molar-refractivity contribution in [2.24, 2.45) is 0 Å². The molecule has 0 fully saturated rings. The third-order valence-electron chi connectivity index (χ3n) is 1.94. The first-order valence-electron chi connectivity index (χ1n) is 4.98. The topological polar surface area (TPSA) is 58.0 Å². The van der Waals surface area contributed by atoms with Gasteiger partial charge in [0.2, 0.25) is 5.13 Å². The fourth-order valence-corrected chi connectivity index (χ4v) is 1.84. The Morgan fingerprint density at radius 2 is 1.87 bits per heavy atom. The molecule has 0 spiro atoms. The number of aliphatic hydroxyl groups is 1. The molecule has 0 aliphatic heterocycles. The minimum absolute atomic E-state index is 0.0280. The predicted octanol–water partition coefficient (Wildman–Crippen LogP) is 2.02. The second-order valence-corrected chi connectivity index (χ2v) is 6.09. The highest BCUT2D eigenvalue weighted by Gasteiger charge is 2.22. The summed E-state index contributed by atoms with van der Waals surface area (Å²) in [5.74, 6) is 0.837. The Morgan fingerprint density at radius 3 is 2.27 bits per heavy atom. The molecule has 0 radical (unpaired) electrons. The van der Waals surface area contributed by atoms with Crippen LogP contribution in [0.5, 0.6) is 0 Å². The van der Waals surface area contributed by atoms with Crippen LogP contribution in [-0.2, 0) is 5.41 Å². The van der Waals surface area contributed by atoms with Crippen LogP contribution in [0.15, 0.2) is 0 Å². The van der Waals surface area contributed by atoms with Crippen molar-refractivity contribution in [1.82, 2.24) is 9.36 Å². The van der Waals surface area contributed by atoms with Gasteiger partial charge >= 0.3 is 0 Å². The number of rotatable bonds is 3. The van der Waals surface area contributed by atoms with Gasteiger partial charge in [-0.2, -0.15) is 4.37 Å². The molecule has 0 aliphatic carbocycles. The van der Waals surface area contributed by atoms with Crippen molar-refractivity contribution in [3.63, 3.8) is 0 Å². The quantitative estimate of drug-likeness (QED) is 0.832. The SMILES string of the molecule is CC(C)(CO)Nc1nc(C(C)(C)C)ns1.